The number of unbranched alkanes of at least 4 members (excludes halogenated alkanes) is 55. The number of esters is 1. The van der Waals surface area contributed by atoms with Gasteiger partial charge in [-0.05, 0) is 77.0 Å². The molecule has 0 rings (SSSR count). The van der Waals surface area contributed by atoms with Gasteiger partial charge in [0.25, 0.3) is 0 Å². The van der Waals surface area contributed by atoms with E-state index in [2.05, 4.69) is 55.6 Å². The third-order valence-corrected chi connectivity index (χ3v) is 17.9. The summed E-state index contributed by atoms with van der Waals surface area (Å²) in [6, 6.07) is -0.543. The van der Waals surface area contributed by atoms with E-state index in [1.807, 2.05) is 0 Å². The van der Waals surface area contributed by atoms with Crippen LogP contribution >= 0.6 is 0 Å². The van der Waals surface area contributed by atoms with E-state index in [9.17, 15) is 19.8 Å². The zero-order valence-electron chi connectivity index (χ0n) is 56.9. The third kappa shape index (κ3) is 69.2. The van der Waals surface area contributed by atoms with Gasteiger partial charge in [0, 0.05) is 12.8 Å². The molecule has 0 saturated carbocycles. The van der Waals surface area contributed by atoms with Gasteiger partial charge in [0.1, 0.15) is 0 Å². The number of carbonyl (C=O) groups is 2. The van der Waals surface area contributed by atoms with Crippen molar-refractivity contribution in [2.75, 3.05) is 13.2 Å². The lowest BCUT2D eigenvalue weighted by molar-refractivity contribution is -0.143. The molecule has 0 bridgehead atoms. The smallest absolute Gasteiger partial charge is 0.305 e. The summed E-state index contributed by atoms with van der Waals surface area (Å²) in [5.74, 6) is -0.0267. The van der Waals surface area contributed by atoms with Crippen molar-refractivity contribution in [3.8, 4) is 0 Å². The highest BCUT2D eigenvalue weighted by molar-refractivity contribution is 5.76. The van der Waals surface area contributed by atoms with Gasteiger partial charge < -0.3 is 20.3 Å². The minimum absolute atomic E-state index is 0.00249. The first-order valence-corrected chi connectivity index (χ1v) is 38.2. The predicted molar refractivity (Wildman–Crippen MR) is 370 cm³/mol. The van der Waals surface area contributed by atoms with Crippen molar-refractivity contribution in [2.45, 2.75) is 437 Å². The van der Waals surface area contributed by atoms with E-state index in [0.29, 0.717) is 25.9 Å². The molecule has 3 N–H and O–H groups in total. The Hall–Kier alpha value is -1.92. The molecule has 0 heterocycles. The fourth-order valence-corrected chi connectivity index (χ4v) is 12.1. The van der Waals surface area contributed by atoms with Crippen molar-refractivity contribution in [1.29, 1.82) is 0 Å². The molecule has 0 aliphatic carbocycles. The number of ether oxygens (including phenoxy) is 1. The number of hydrogen-bond acceptors (Lipinski definition) is 5. The van der Waals surface area contributed by atoms with Gasteiger partial charge in [-0.1, -0.05) is 371 Å². The summed E-state index contributed by atoms with van der Waals surface area (Å²) in [5.41, 5.74) is 0. The summed E-state index contributed by atoms with van der Waals surface area (Å²) in [5, 5.41) is 23.5. The lowest BCUT2D eigenvalue weighted by Gasteiger charge is -2.22. The number of hydrogen-bond donors (Lipinski definition) is 3. The molecular formula is C78H149NO5. The van der Waals surface area contributed by atoms with Crippen LogP contribution < -0.4 is 5.32 Å². The van der Waals surface area contributed by atoms with Gasteiger partial charge in [-0.3, -0.25) is 9.59 Å². The largest absolute Gasteiger partial charge is 0.466 e. The van der Waals surface area contributed by atoms with Crippen molar-refractivity contribution in [2.24, 2.45) is 0 Å². The molecule has 6 heteroatoms. The molecule has 0 aromatic heterocycles. The first kappa shape index (κ1) is 82.1. The second kappa shape index (κ2) is 73.5. The van der Waals surface area contributed by atoms with Gasteiger partial charge in [-0.25, -0.2) is 0 Å². The fourth-order valence-electron chi connectivity index (χ4n) is 12.1. The Morgan fingerprint density at radius 1 is 0.333 bits per heavy atom. The molecular weight excluding hydrogens is 1030 g/mol. The summed E-state index contributed by atoms with van der Waals surface area (Å²) >= 11 is 0. The van der Waals surface area contributed by atoms with E-state index in [-0.39, 0.29) is 18.5 Å². The molecule has 496 valence electrons. The van der Waals surface area contributed by atoms with Crippen LogP contribution in [0.5, 0.6) is 0 Å². The maximum absolute atomic E-state index is 12.6. The SMILES string of the molecule is CCCC/C=C\C/C=C\CCCCCCCC(=O)OCCCCCCCCCCCCCC/C=C\CCCCCCCCCCCCCCCC(=O)NC(CO)C(O)CCCCCCCCCCCCCCCCCCCCCCCCCC. The van der Waals surface area contributed by atoms with Gasteiger partial charge in [0.15, 0.2) is 0 Å². The van der Waals surface area contributed by atoms with Gasteiger partial charge in [0.2, 0.25) is 5.91 Å². The molecule has 2 atom stereocenters. The summed E-state index contributed by atoms with van der Waals surface area (Å²) in [7, 11) is 0. The average molecular weight is 1180 g/mol. The zero-order valence-corrected chi connectivity index (χ0v) is 56.9. The summed E-state index contributed by atoms with van der Waals surface area (Å²) in [6.45, 7) is 4.95. The van der Waals surface area contributed by atoms with E-state index in [1.165, 1.54) is 340 Å². The standard InChI is InChI=1S/C78H149NO5/c1-3-5-7-9-11-13-15-17-19-20-21-22-23-31-34-37-40-43-46-50-54-58-62-66-70-76(81)75(74-80)79-77(82)71-67-63-59-55-51-47-44-41-38-35-32-29-27-25-24-26-28-30-33-36-39-42-45-49-53-57-61-65-69-73-84-78(83)72-68-64-60-56-52-48-18-16-14-12-10-8-6-4-2/h10,12,16,18,24,26,75-76,80-81H,3-9,11,13-15,17,19-23,25,27-74H2,1-2H3,(H,79,82)/b12-10-,18-16-,26-24-. The normalized spacial score (nSPS) is 12.7. The van der Waals surface area contributed by atoms with Crippen LogP contribution in [-0.2, 0) is 14.3 Å². The quantitative estimate of drug-likeness (QED) is 0.0320. The Balaban J connectivity index is 3.38. The van der Waals surface area contributed by atoms with Crippen LogP contribution in [0.15, 0.2) is 36.5 Å². The topological polar surface area (TPSA) is 95.9 Å². The van der Waals surface area contributed by atoms with Crippen LogP contribution in [-0.4, -0.2) is 47.4 Å². The highest BCUT2D eigenvalue weighted by Gasteiger charge is 2.20. The van der Waals surface area contributed by atoms with Crippen LogP contribution in [0.2, 0.25) is 0 Å². The molecule has 1 amide bonds. The van der Waals surface area contributed by atoms with Crippen molar-refractivity contribution in [3.05, 3.63) is 36.5 Å². The minimum atomic E-state index is -0.666. The molecule has 0 fully saturated rings. The summed E-state index contributed by atoms with van der Waals surface area (Å²) < 4.78 is 5.48. The number of aliphatic hydroxyl groups is 2. The number of carbonyl (C=O) groups excluding carboxylic acids is 2. The zero-order chi connectivity index (χ0) is 60.6. The molecule has 6 nitrogen and oxygen atoms in total. The van der Waals surface area contributed by atoms with E-state index in [4.69, 9.17) is 4.74 Å². The van der Waals surface area contributed by atoms with Gasteiger partial charge in [-0.2, -0.15) is 0 Å². The maximum atomic E-state index is 12.6. The molecule has 2 unspecified atom stereocenters. The Morgan fingerprint density at radius 2 is 0.607 bits per heavy atom. The van der Waals surface area contributed by atoms with E-state index in [0.717, 1.165) is 51.4 Å². The van der Waals surface area contributed by atoms with E-state index in [1.54, 1.807) is 0 Å². The van der Waals surface area contributed by atoms with Crippen molar-refractivity contribution in [1.82, 2.24) is 5.32 Å². The monoisotopic (exact) mass is 1180 g/mol. The number of amides is 1. The van der Waals surface area contributed by atoms with E-state index < -0.39 is 12.1 Å². The lowest BCUT2D eigenvalue weighted by Crippen LogP contribution is -2.45. The Labute approximate surface area is 525 Å². The maximum Gasteiger partial charge on any atom is 0.305 e. The molecule has 0 spiro atoms. The molecule has 0 aliphatic rings. The van der Waals surface area contributed by atoms with E-state index >= 15 is 0 Å². The highest BCUT2D eigenvalue weighted by Crippen LogP contribution is 2.19. The Kier molecular flexibility index (Phi) is 71.9. The van der Waals surface area contributed by atoms with Crippen LogP contribution in [0.3, 0.4) is 0 Å². The highest BCUT2D eigenvalue weighted by atomic mass is 16.5. The fraction of sp³-hybridized carbons (Fsp3) is 0.897. The molecule has 0 saturated heterocycles. The molecule has 0 aromatic rings. The molecule has 0 aromatic carbocycles. The second-order valence-electron chi connectivity index (χ2n) is 26.3. The number of nitrogens with one attached hydrogen (secondary N) is 1. The molecule has 0 aliphatic heterocycles. The summed E-state index contributed by atoms with van der Waals surface area (Å²) in [4.78, 5) is 24.6. The number of aliphatic hydroxyl groups excluding tert-OH is 2. The third-order valence-electron chi connectivity index (χ3n) is 17.9. The van der Waals surface area contributed by atoms with Crippen molar-refractivity contribution < 1.29 is 24.5 Å². The van der Waals surface area contributed by atoms with Crippen LogP contribution in [0.25, 0.3) is 0 Å². The number of rotatable bonds is 72. The number of allylic oxidation sites excluding steroid dienone is 6. The lowest BCUT2D eigenvalue weighted by atomic mass is 10.0. The van der Waals surface area contributed by atoms with Crippen molar-refractivity contribution >= 4 is 11.9 Å². The van der Waals surface area contributed by atoms with Crippen LogP contribution in [0.4, 0.5) is 0 Å². The van der Waals surface area contributed by atoms with Gasteiger partial charge in [0.05, 0.1) is 25.4 Å². The average Bonchev–Trinajstić information content (AvgIpc) is 3.51. The molecule has 0 radical (unpaired) electrons. The first-order chi connectivity index (χ1) is 41.5. The van der Waals surface area contributed by atoms with Gasteiger partial charge in [-0.15, -0.1) is 0 Å². The van der Waals surface area contributed by atoms with Crippen LogP contribution in [0, 0.1) is 0 Å². The molecule has 84 heavy (non-hydrogen) atoms. The Bertz CT molecular complexity index is 1360. The first-order valence-electron chi connectivity index (χ1n) is 38.2. The minimum Gasteiger partial charge on any atom is -0.466 e. The van der Waals surface area contributed by atoms with Crippen LogP contribution in [0.1, 0.15) is 425 Å². The Morgan fingerprint density at radius 3 is 0.952 bits per heavy atom. The second-order valence-corrected chi connectivity index (χ2v) is 26.3. The van der Waals surface area contributed by atoms with Gasteiger partial charge >= 0.3 is 5.97 Å². The summed E-state index contributed by atoms with van der Waals surface area (Å²) in [6.07, 6.45) is 95.0. The van der Waals surface area contributed by atoms with Crippen molar-refractivity contribution in [3.63, 3.8) is 0 Å². The predicted octanol–water partition coefficient (Wildman–Crippen LogP) is 25.0.